The Kier molecular flexibility index (Phi) is 4.84. The van der Waals surface area contributed by atoms with Gasteiger partial charge in [-0.15, -0.1) is 0 Å². The van der Waals surface area contributed by atoms with Crippen molar-refractivity contribution in [2.45, 2.75) is 57.9 Å². The Morgan fingerprint density at radius 1 is 1.18 bits per heavy atom. The van der Waals surface area contributed by atoms with E-state index in [1.165, 1.54) is 44.9 Å². The van der Waals surface area contributed by atoms with Gasteiger partial charge in [-0.05, 0) is 38.1 Å². The smallest absolute Gasteiger partial charge is 0.234 e. The average molecular weight is 238 g/mol. The molecule has 1 unspecified atom stereocenters. The maximum atomic E-state index is 11.9. The number of carbonyl (C=O) groups excluding carboxylic acids is 1. The third-order valence-corrected chi connectivity index (χ3v) is 4.08. The molecule has 3 heteroatoms. The number of hydrogen-bond acceptors (Lipinski definition) is 2. The van der Waals surface area contributed by atoms with E-state index >= 15 is 0 Å². The Labute approximate surface area is 105 Å². The van der Waals surface area contributed by atoms with E-state index in [1.807, 2.05) is 0 Å². The first-order valence-corrected chi connectivity index (χ1v) is 7.26. The highest BCUT2D eigenvalue weighted by atomic mass is 16.2. The van der Waals surface area contributed by atoms with Crippen LogP contribution in [0.1, 0.15) is 51.9 Å². The Bertz CT molecular complexity index is 249. The third kappa shape index (κ3) is 4.30. The third-order valence-electron chi connectivity index (χ3n) is 4.08. The molecule has 0 bridgehead atoms. The van der Waals surface area contributed by atoms with Gasteiger partial charge >= 0.3 is 0 Å². The van der Waals surface area contributed by atoms with Gasteiger partial charge in [0.25, 0.3) is 0 Å². The highest BCUT2D eigenvalue weighted by molar-refractivity contribution is 5.78. The van der Waals surface area contributed by atoms with E-state index in [0.29, 0.717) is 12.6 Å². The summed E-state index contributed by atoms with van der Waals surface area (Å²) in [5.74, 6) is 0.997. The molecule has 2 rings (SSSR count). The van der Waals surface area contributed by atoms with E-state index in [4.69, 9.17) is 0 Å². The summed E-state index contributed by atoms with van der Waals surface area (Å²) in [7, 11) is 0. The summed E-state index contributed by atoms with van der Waals surface area (Å²) in [5, 5.41) is 3.20. The van der Waals surface area contributed by atoms with E-state index in [-0.39, 0.29) is 5.91 Å². The van der Waals surface area contributed by atoms with Crippen LogP contribution in [0.2, 0.25) is 0 Å². The van der Waals surface area contributed by atoms with Crippen LogP contribution in [0.5, 0.6) is 0 Å². The van der Waals surface area contributed by atoms with E-state index in [1.54, 1.807) is 0 Å². The van der Waals surface area contributed by atoms with Crippen molar-refractivity contribution in [3.63, 3.8) is 0 Å². The Morgan fingerprint density at radius 2 is 1.94 bits per heavy atom. The predicted molar refractivity (Wildman–Crippen MR) is 69.9 cm³/mol. The fourth-order valence-corrected chi connectivity index (χ4v) is 3.15. The number of carbonyl (C=O) groups is 1. The van der Waals surface area contributed by atoms with Crippen LogP contribution in [0.4, 0.5) is 0 Å². The van der Waals surface area contributed by atoms with Crippen LogP contribution in [-0.4, -0.2) is 36.5 Å². The first-order valence-electron chi connectivity index (χ1n) is 7.26. The van der Waals surface area contributed by atoms with Gasteiger partial charge in [0.15, 0.2) is 0 Å². The molecule has 2 aliphatic rings. The van der Waals surface area contributed by atoms with E-state index < -0.39 is 0 Å². The van der Waals surface area contributed by atoms with Gasteiger partial charge in [0.05, 0.1) is 6.54 Å². The van der Waals surface area contributed by atoms with Crippen molar-refractivity contribution in [3.8, 4) is 0 Å². The van der Waals surface area contributed by atoms with Gasteiger partial charge in [-0.3, -0.25) is 9.69 Å². The Balaban J connectivity index is 1.68. The minimum atomic E-state index is 0.242. The summed E-state index contributed by atoms with van der Waals surface area (Å²) < 4.78 is 0. The number of nitrogens with zero attached hydrogens (tertiary/aromatic N) is 1. The van der Waals surface area contributed by atoms with Crippen LogP contribution in [0.15, 0.2) is 0 Å². The zero-order chi connectivity index (χ0) is 12.1. The number of likely N-dealkylation sites (tertiary alicyclic amines) is 1. The van der Waals surface area contributed by atoms with Crippen LogP contribution in [0, 0.1) is 5.92 Å². The lowest BCUT2D eigenvalue weighted by molar-refractivity contribution is -0.123. The highest BCUT2D eigenvalue weighted by Gasteiger charge is 2.20. The second-order valence-electron chi connectivity index (χ2n) is 5.88. The standard InChI is InChI=1S/C14H26N2O/c1-12-6-5-9-16(10-12)11-14(17)15-13-7-3-2-4-8-13/h12-13H,2-11H2,1H3,(H,15,17). The Hall–Kier alpha value is -0.570. The second kappa shape index (κ2) is 6.39. The van der Waals surface area contributed by atoms with Crippen molar-refractivity contribution in [2.75, 3.05) is 19.6 Å². The molecule has 0 aromatic carbocycles. The number of amides is 1. The van der Waals surface area contributed by atoms with Crippen LogP contribution in [0.25, 0.3) is 0 Å². The van der Waals surface area contributed by atoms with Crippen molar-refractivity contribution >= 4 is 5.91 Å². The summed E-state index contributed by atoms with van der Waals surface area (Å²) >= 11 is 0. The van der Waals surface area contributed by atoms with Crippen molar-refractivity contribution in [1.29, 1.82) is 0 Å². The van der Waals surface area contributed by atoms with E-state index in [9.17, 15) is 4.79 Å². The van der Waals surface area contributed by atoms with Gasteiger partial charge in [0.1, 0.15) is 0 Å². The van der Waals surface area contributed by atoms with Gasteiger partial charge in [0, 0.05) is 12.6 Å². The molecular weight excluding hydrogens is 212 g/mol. The summed E-state index contributed by atoms with van der Waals surface area (Å²) in [6, 6.07) is 0.457. The summed E-state index contributed by atoms with van der Waals surface area (Å²) in [5.41, 5.74) is 0. The lowest BCUT2D eigenvalue weighted by Crippen LogP contribution is -2.45. The topological polar surface area (TPSA) is 32.3 Å². The molecule has 1 N–H and O–H groups in total. The average Bonchev–Trinajstić information content (AvgIpc) is 2.30. The van der Waals surface area contributed by atoms with E-state index in [0.717, 1.165) is 19.0 Å². The first kappa shape index (κ1) is 12.9. The zero-order valence-electron chi connectivity index (χ0n) is 11.1. The molecule has 0 spiro atoms. The van der Waals surface area contributed by atoms with Gasteiger partial charge in [0.2, 0.25) is 5.91 Å². The summed E-state index contributed by atoms with van der Waals surface area (Å²) in [6.07, 6.45) is 8.84. The number of piperidine rings is 1. The van der Waals surface area contributed by atoms with Gasteiger partial charge in [-0.2, -0.15) is 0 Å². The van der Waals surface area contributed by atoms with Crippen LogP contribution in [-0.2, 0) is 4.79 Å². The molecule has 1 saturated heterocycles. The molecular formula is C14H26N2O. The first-order chi connectivity index (χ1) is 8.24. The van der Waals surface area contributed by atoms with Crippen LogP contribution < -0.4 is 5.32 Å². The molecule has 1 aliphatic heterocycles. The SMILES string of the molecule is CC1CCCN(CC(=O)NC2CCCCC2)C1. The largest absolute Gasteiger partial charge is 0.352 e. The number of hydrogen-bond donors (Lipinski definition) is 1. The minimum Gasteiger partial charge on any atom is -0.352 e. The zero-order valence-corrected chi connectivity index (χ0v) is 11.1. The van der Waals surface area contributed by atoms with Crippen molar-refractivity contribution in [3.05, 3.63) is 0 Å². The second-order valence-corrected chi connectivity index (χ2v) is 5.88. The molecule has 98 valence electrons. The van der Waals surface area contributed by atoms with Crippen LogP contribution in [0.3, 0.4) is 0 Å². The van der Waals surface area contributed by atoms with Gasteiger partial charge in [-0.25, -0.2) is 0 Å². The van der Waals surface area contributed by atoms with Gasteiger partial charge in [-0.1, -0.05) is 26.2 Å². The molecule has 1 aliphatic carbocycles. The monoisotopic (exact) mass is 238 g/mol. The normalized spacial score (nSPS) is 27.9. The summed E-state index contributed by atoms with van der Waals surface area (Å²) in [6.45, 7) is 5.09. The number of rotatable bonds is 3. The lowest BCUT2D eigenvalue weighted by atomic mass is 9.95. The molecule has 3 nitrogen and oxygen atoms in total. The maximum absolute atomic E-state index is 11.9. The molecule has 0 aromatic rings. The predicted octanol–water partition coefficient (Wildman–Crippen LogP) is 2.17. The minimum absolute atomic E-state index is 0.242. The summed E-state index contributed by atoms with van der Waals surface area (Å²) in [4.78, 5) is 14.2. The molecule has 0 radical (unpaired) electrons. The van der Waals surface area contributed by atoms with Crippen molar-refractivity contribution in [2.24, 2.45) is 5.92 Å². The Morgan fingerprint density at radius 3 is 2.65 bits per heavy atom. The fraction of sp³-hybridized carbons (Fsp3) is 0.929. The molecule has 2 fully saturated rings. The molecule has 1 amide bonds. The highest BCUT2D eigenvalue weighted by Crippen LogP contribution is 2.18. The number of nitrogens with one attached hydrogen (secondary N) is 1. The molecule has 1 saturated carbocycles. The molecule has 0 aromatic heterocycles. The van der Waals surface area contributed by atoms with Crippen molar-refractivity contribution < 1.29 is 4.79 Å². The molecule has 17 heavy (non-hydrogen) atoms. The lowest BCUT2D eigenvalue weighted by Gasteiger charge is -2.31. The molecule has 1 atom stereocenters. The maximum Gasteiger partial charge on any atom is 0.234 e. The van der Waals surface area contributed by atoms with Crippen molar-refractivity contribution in [1.82, 2.24) is 10.2 Å². The van der Waals surface area contributed by atoms with Crippen LogP contribution >= 0.6 is 0 Å². The fourth-order valence-electron chi connectivity index (χ4n) is 3.15. The molecule has 1 heterocycles. The van der Waals surface area contributed by atoms with E-state index in [2.05, 4.69) is 17.1 Å². The quantitative estimate of drug-likeness (QED) is 0.817. The van der Waals surface area contributed by atoms with Gasteiger partial charge < -0.3 is 5.32 Å².